The van der Waals surface area contributed by atoms with Gasteiger partial charge in [-0.15, -0.1) is 0 Å². The Morgan fingerprint density at radius 3 is 2.17 bits per heavy atom. The highest BCUT2D eigenvalue weighted by Gasteiger charge is 2.11. The van der Waals surface area contributed by atoms with Gasteiger partial charge < -0.3 is 10.1 Å². The molecule has 2 aromatic rings. The number of anilines is 1. The molecule has 0 aromatic heterocycles. The van der Waals surface area contributed by atoms with Crippen LogP contribution in [-0.4, -0.2) is 26.7 Å². The maximum Gasteiger partial charge on any atom is 0.262 e. The van der Waals surface area contributed by atoms with E-state index in [0.29, 0.717) is 11.4 Å². The van der Waals surface area contributed by atoms with Crippen molar-refractivity contribution in [2.45, 2.75) is 25.2 Å². The van der Waals surface area contributed by atoms with Gasteiger partial charge in [0.2, 0.25) is 0 Å². The summed E-state index contributed by atoms with van der Waals surface area (Å²) in [7, 11) is -3.23. The molecule has 0 heterocycles. The number of aryl methyl sites for hydroxylation is 1. The van der Waals surface area contributed by atoms with Crippen LogP contribution in [0, 0.1) is 0 Å². The van der Waals surface area contributed by atoms with Gasteiger partial charge in [-0.2, -0.15) is 0 Å². The third-order valence-corrected chi connectivity index (χ3v) is 5.33. The SMILES string of the molecule is CCc1ccc(OCC(=O)Nc2ccc(S(=O)(=O)CC)cc2)cc1. The van der Waals surface area contributed by atoms with Crippen LogP contribution in [0.4, 0.5) is 5.69 Å². The molecule has 0 bridgehead atoms. The van der Waals surface area contributed by atoms with Crippen LogP contribution in [0.15, 0.2) is 53.4 Å². The Labute approximate surface area is 142 Å². The van der Waals surface area contributed by atoms with E-state index in [-0.39, 0.29) is 23.2 Å². The van der Waals surface area contributed by atoms with Gasteiger partial charge in [0, 0.05) is 5.69 Å². The van der Waals surface area contributed by atoms with Crippen molar-refractivity contribution in [3.05, 3.63) is 54.1 Å². The van der Waals surface area contributed by atoms with E-state index in [9.17, 15) is 13.2 Å². The molecule has 0 saturated carbocycles. The molecule has 128 valence electrons. The molecule has 0 aliphatic rings. The van der Waals surface area contributed by atoms with E-state index in [1.54, 1.807) is 19.1 Å². The number of rotatable bonds is 7. The first-order chi connectivity index (χ1) is 11.4. The lowest BCUT2D eigenvalue weighted by Gasteiger charge is -2.09. The fourth-order valence-electron chi connectivity index (χ4n) is 2.08. The molecule has 0 fully saturated rings. The zero-order valence-electron chi connectivity index (χ0n) is 13.8. The topological polar surface area (TPSA) is 72.5 Å². The van der Waals surface area contributed by atoms with Crippen LogP contribution >= 0.6 is 0 Å². The van der Waals surface area contributed by atoms with Gasteiger partial charge in [0.05, 0.1) is 10.6 Å². The molecule has 0 spiro atoms. The quantitative estimate of drug-likeness (QED) is 0.835. The molecule has 24 heavy (non-hydrogen) atoms. The van der Waals surface area contributed by atoms with E-state index in [4.69, 9.17) is 4.74 Å². The standard InChI is InChI=1S/C18H21NO4S/c1-3-14-5-9-16(10-6-14)23-13-18(20)19-15-7-11-17(12-8-15)24(21,22)4-2/h5-12H,3-4,13H2,1-2H3,(H,19,20). The van der Waals surface area contributed by atoms with Crippen LogP contribution in [0.5, 0.6) is 5.75 Å². The number of benzene rings is 2. The minimum Gasteiger partial charge on any atom is -0.484 e. The summed E-state index contributed by atoms with van der Waals surface area (Å²) in [6.45, 7) is 3.55. The molecule has 5 nitrogen and oxygen atoms in total. The molecule has 0 radical (unpaired) electrons. The summed E-state index contributed by atoms with van der Waals surface area (Å²) < 4.78 is 28.9. The number of sulfone groups is 1. The zero-order chi connectivity index (χ0) is 17.6. The lowest BCUT2D eigenvalue weighted by atomic mass is 10.2. The van der Waals surface area contributed by atoms with Crippen molar-refractivity contribution >= 4 is 21.4 Å². The summed E-state index contributed by atoms with van der Waals surface area (Å²) in [5.74, 6) is 0.371. The van der Waals surface area contributed by atoms with Crippen molar-refractivity contribution in [2.24, 2.45) is 0 Å². The Hall–Kier alpha value is -2.34. The van der Waals surface area contributed by atoms with Gasteiger partial charge in [-0.1, -0.05) is 26.0 Å². The van der Waals surface area contributed by atoms with Gasteiger partial charge in [0.15, 0.2) is 16.4 Å². The highest BCUT2D eigenvalue weighted by Crippen LogP contribution is 2.16. The number of carbonyl (C=O) groups is 1. The van der Waals surface area contributed by atoms with E-state index < -0.39 is 9.84 Å². The van der Waals surface area contributed by atoms with Crippen molar-refractivity contribution in [3.8, 4) is 5.75 Å². The average Bonchev–Trinajstić information content (AvgIpc) is 2.61. The molecule has 1 N–H and O–H groups in total. The fourth-order valence-corrected chi connectivity index (χ4v) is 2.96. The van der Waals surface area contributed by atoms with Crippen LogP contribution in [0.25, 0.3) is 0 Å². The summed E-state index contributed by atoms with van der Waals surface area (Å²) in [6, 6.07) is 13.7. The number of hydrogen-bond acceptors (Lipinski definition) is 4. The van der Waals surface area contributed by atoms with E-state index in [2.05, 4.69) is 12.2 Å². The molecule has 1 amide bonds. The highest BCUT2D eigenvalue weighted by molar-refractivity contribution is 7.91. The summed E-state index contributed by atoms with van der Waals surface area (Å²) in [5, 5.41) is 2.67. The molecular formula is C18H21NO4S. The second-order valence-corrected chi connectivity index (χ2v) is 7.54. The maximum atomic E-state index is 11.9. The van der Waals surface area contributed by atoms with Crippen LogP contribution in [0.2, 0.25) is 0 Å². The molecule has 2 rings (SSSR count). The third kappa shape index (κ3) is 4.83. The van der Waals surface area contributed by atoms with Crippen molar-refractivity contribution in [2.75, 3.05) is 17.7 Å². The predicted octanol–water partition coefficient (Wildman–Crippen LogP) is 3.06. The minimum atomic E-state index is -3.23. The number of carbonyl (C=O) groups excluding carboxylic acids is 1. The Bertz CT molecular complexity index is 781. The molecule has 0 saturated heterocycles. The molecule has 0 unspecified atom stereocenters. The van der Waals surface area contributed by atoms with Crippen LogP contribution in [0.1, 0.15) is 19.4 Å². The first-order valence-electron chi connectivity index (χ1n) is 7.79. The third-order valence-electron chi connectivity index (χ3n) is 3.58. The lowest BCUT2D eigenvalue weighted by Crippen LogP contribution is -2.20. The Morgan fingerprint density at radius 1 is 1.00 bits per heavy atom. The number of ether oxygens (including phenoxy) is 1. The van der Waals surface area contributed by atoms with E-state index in [0.717, 1.165) is 6.42 Å². The van der Waals surface area contributed by atoms with Crippen molar-refractivity contribution in [3.63, 3.8) is 0 Å². The number of hydrogen-bond donors (Lipinski definition) is 1. The summed E-state index contributed by atoms with van der Waals surface area (Å²) >= 11 is 0. The van der Waals surface area contributed by atoms with Gasteiger partial charge in [-0.25, -0.2) is 8.42 Å². The summed E-state index contributed by atoms with van der Waals surface area (Å²) in [4.78, 5) is 12.1. The van der Waals surface area contributed by atoms with Crippen LogP contribution in [0.3, 0.4) is 0 Å². The van der Waals surface area contributed by atoms with Gasteiger partial charge in [-0.05, 0) is 48.4 Å². The van der Waals surface area contributed by atoms with Crippen LogP contribution < -0.4 is 10.1 Å². The molecule has 0 aliphatic heterocycles. The number of nitrogens with one attached hydrogen (secondary N) is 1. The predicted molar refractivity (Wildman–Crippen MR) is 94.1 cm³/mol. The van der Waals surface area contributed by atoms with Crippen molar-refractivity contribution in [1.29, 1.82) is 0 Å². The Balaban J connectivity index is 1.90. The number of amides is 1. The van der Waals surface area contributed by atoms with Gasteiger partial charge in [0.1, 0.15) is 5.75 Å². The summed E-state index contributed by atoms with van der Waals surface area (Å²) in [6.07, 6.45) is 0.949. The monoisotopic (exact) mass is 347 g/mol. The van der Waals surface area contributed by atoms with Crippen molar-refractivity contribution < 1.29 is 17.9 Å². The Morgan fingerprint density at radius 2 is 1.62 bits per heavy atom. The molecule has 0 aliphatic carbocycles. The molecule has 0 atom stereocenters. The largest absolute Gasteiger partial charge is 0.484 e. The van der Waals surface area contributed by atoms with E-state index in [1.165, 1.54) is 17.7 Å². The lowest BCUT2D eigenvalue weighted by molar-refractivity contribution is -0.118. The average molecular weight is 347 g/mol. The summed E-state index contributed by atoms with van der Waals surface area (Å²) in [5.41, 5.74) is 1.73. The second-order valence-electron chi connectivity index (χ2n) is 5.26. The normalized spacial score (nSPS) is 11.1. The first kappa shape index (κ1) is 18.0. The molecule has 6 heteroatoms. The van der Waals surface area contributed by atoms with Crippen molar-refractivity contribution in [1.82, 2.24) is 0 Å². The smallest absolute Gasteiger partial charge is 0.262 e. The second kappa shape index (κ2) is 7.97. The molecular weight excluding hydrogens is 326 g/mol. The first-order valence-corrected chi connectivity index (χ1v) is 9.44. The molecule has 2 aromatic carbocycles. The fraction of sp³-hybridized carbons (Fsp3) is 0.278. The van der Waals surface area contributed by atoms with Gasteiger partial charge >= 0.3 is 0 Å². The maximum absolute atomic E-state index is 11.9. The Kier molecular flexibility index (Phi) is 5.98. The highest BCUT2D eigenvalue weighted by atomic mass is 32.2. The zero-order valence-corrected chi connectivity index (χ0v) is 14.6. The van der Waals surface area contributed by atoms with E-state index in [1.807, 2.05) is 24.3 Å². The minimum absolute atomic E-state index is 0.0450. The van der Waals surface area contributed by atoms with E-state index >= 15 is 0 Å². The van der Waals surface area contributed by atoms with Gasteiger partial charge in [0.25, 0.3) is 5.91 Å². The van der Waals surface area contributed by atoms with Gasteiger partial charge in [-0.3, -0.25) is 4.79 Å². The van der Waals surface area contributed by atoms with Crippen LogP contribution in [-0.2, 0) is 21.1 Å².